The third kappa shape index (κ3) is 5.97. The number of piperazine rings is 1. The van der Waals surface area contributed by atoms with E-state index in [0.717, 1.165) is 70.5 Å². The van der Waals surface area contributed by atoms with Crippen molar-refractivity contribution in [3.8, 4) is 5.75 Å². The highest BCUT2D eigenvalue weighted by atomic mass is 35.5. The maximum atomic E-state index is 15.3. The quantitative estimate of drug-likeness (QED) is 0.413. The van der Waals surface area contributed by atoms with Gasteiger partial charge in [0.2, 0.25) is 5.95 Å². The number of anilines is 3. The number of aromatic nitrogens is 2. The second-order valence-corrected chi connectivity index (χ2v) is 10.7. The molecule has 11 heteroatoms. The lowest BCUT2D eigenvalue weighted by Gasteiger charge is -2.36. The van der Waals surface area contributed by atoms with Crippen LogP contribution in [0.25, 0.3) is 0 Å². The molecule has 0 atom stereocenters. The van der Waals surface area contributed by atoms with E-state index in [9.17, 15) is 4.79 Å². The third-order valence-electron chi connectivity index (χ3n) is 7.38. The number of nitrogens with zero attached hydrogens (tertiary/aromatic N) is 6. The van der Waals surface area contributed by atoms with Gasteiger partial charge in [-0.15, -0.1) is 0 Å². The van der Waals surface area contributed by atoms with Gasteiger partial charge in [-0.25, -0.2) is 14.2 Å². The number of hydrogen-bond acceptors (Lipinski definition) is 7. The number of urea groups is 1. The molecule has 1 aliphatic carbocycles. The topological polar surface area (TPSA) is 77.1 Å². The molecule has 2 fully saturated rings. The molecule has 3 heterocycles. The second kappa shape index (κ2) is 12.0. The van der Waals surface area contributed by atoms with Crippen LogP contribution in [-0.4, -0.2) is 84.8 Å². The molecular weight excluding hydrogens is 509 g/mol. The Balaban J connectivity index is 1.23. The van der Waals surface area contributed by atoms with Gasteiger partial charge in [0.05, 0.1) is 18.2 Å². The maximum Gasteiger partial charge on any atom is 0.330 e. The highest BCUT2D eigenvalue weighted by Crippen LogP contribution is 2.42. The van der Waals surface area contributed by atoms with Gasteiger partial charge in [-0.05, 0) is 58.3 Å². The molecule has 2 amide bonds. The zero-order valence-corrected chi connectivity index (χ0v) is 23.0. The summed E-state index contributed by atoms with van der Waals surface area (Å²) in [4.78, 5) is 30.8. The Labute approximate surface area is 228 Å². The predicted octanol–water partition coefficient (Wildman–Crippen LogP) is 4.61. The second-order valence-electron chi connectivity index (χ2n) is 10.3. The van der Waals surface area contributed by atoms with Crippen molar-refractivity contribution in [3.63, 3.8) is 0 Å². The largest absolute Gasteiger partial charge is 0.491 e. The summed E-state index contributed by atoms with van der Waals surface area (Å²) >= 11 is 6.38. The molecule has 0 unspecified atom stereocenters. The van der Waals surface area contributed by atoms with Crippen LogP contribution in [0.1, 0.15) is 44.6 Å². The molecule has 1 aromatic carbocycles. The van der Waals surface area contributed by atoms with Crippen molar-refractivity contribution in [1.29, 1.82) is 0 Å². The lowest BCUT2D eigenvalue weighted by molar-refractivity contribution is 0.152. The van der Waals surface area contributed by atoms with E-state index in [2.05, 4.69) is 27.1 Å². The van der Waals surface area contributed by atoms with Gasteiger partial charge in [-0.3, -0.25) is 9.80 Å². The van der Waals surface area contributed by atoms with Gasteiger partial charge in [0.1, 0.15) is 11.5 Å². The van der Waals surface area contributed by atoms with Gasteiger partial charge < -0.3 is 19.9 Å². The van der Waals surface area contributed by atoms with E-state index < -0.39 is 5.82 Å². The molecule has 0 spiro atoms. The molecule has 1 aromatic heterocycles. The Morgan fingerprint density at radius 2 is 1.95 bits per heavy atom. The number of rotatable bonds is 11. The Bertz CT molecular complexity index is 1140. The molecule has 1 saturated heterocycles. The number of ether oxygens (including phenoxy) is 1. The van der Waals surface area contributed by atoms with Gasteiger partial charge in [0, 0.05) is 50.5 Å². The number of carbonyl (C=O) groups excluding carboxylic acids is 1. The Kier molecular flexibility index (Phi) is 8.50. The van der Waals surface area contributed by atoms with Crippen molar-refractivity contribution in [2.45, 2.75) is 51.6 Å². The van der Waals surface area contributed by atoms with Crippen LogP contribution in [0.2, 0.25) is 5.02 Å². The predicted molar refractivity (Wildman–Crippen MR) is 148 cm³/mol. The van der Waals surface area contributed by atoms with E-state index in [1.54, 1.807) is 24.1 Å². The summed E-state index contributed by atoms with van der Waals surface area (Å²) < 4.78 is 20.7. The lowest BCUT2D eigenvalue weighted by Crippen LogP contribution is -2.49. The molecule has 206 valence electrons. The lowest BCUT2D eigenvalue weighted by atomic mass is 10.1. The van der Waals surface area contributed by atoms with Crippen LogP contribution >= 0.6 is 11.6 Å². The number of amides is 2. The molecule has 5 rings (SSSR count). The summed E-state index contributed by atoms with van der Waals surface area (Å²) in [5.41, 5.74) is 0.782. The summed E-state index contributed by atoms with van der Waals surface area (Å²) in [5, 5.41) is 3.48. The van der Waals surface area contributed by atoms with Crippen LogP contribution in [0.15, 0.2) is 18.3 Å². The minimum Gasteiger partial charge on any atom is -0.491 e. The minimum absolute atomic E-state index is 0.0256. The first-order valence-electron chi connectivity index (χ1n) is 13.7. The molecule has 38 heavy (non-hydrogen) atoms. The number of carbonyl (C=O) groups is 1. The summed E-state index contributed by atoms with van der Waals surface area (Å²) in [7, 11) is 2.18. The zero-order valence-electron chi connectivity index (χ0n) is 22.3. The zero-order chi connectivity index (χ0) is 26.6. The van der Waals surface area contributed by atoms with E-state index in [0.29, 0.717) is 18.4 Å². The Morgan fingerprint density at radius 1 is 1.16 bits per heavy atom. The van der Waals surface area contributed by atoms with Gasteiger partial charge in [-0.2, -0.15) is 4.98 Å². The molecule has 0 bridgehead atoms. The van der Waals surface area contributed by atoms with E-state index in [4.69, 9.17) is 21.3 Å². The number of likely N-dealkylation sites (N-methyl/N-ethyl adjacent to an activating group) is 1. The number of fused-ring (bicyclic) bond motifs is 1. The number of unbranched alkanes of at least 4 members (excludes halogenated alkanes) is 2. The van der Waals surface area contributed by atoms with E-state index in [1.165, 1.54) is 17.4 Å². The monoisotopic (exact) mass is 545 g/mol. The molecule has 1 N–H and O–H groups in total. The van der Waals surface area contributed by atoms with E-state index in [1.807, 2.05) is 0 Å². The molecule has 2 aliphatic heterocycles. The highest BCUT2D eigenvalue weighted by Gasteiger charge is 2.43. The van der Waals surface area contributed by atoms with Crippen molar-refractivity contribution < 1.29 is 13.9 Å². The maximum absolute atomic E-state index is 15.3. The molecule has 1 saturated carbocycles. The average molecular weight is 546 g/mol. The fourth-order valence-corrected chi connectivity index (χ4v) is 5.29. The fourth-order valence-electron chi connectivity index (χ4n) is 5.04. The van der Waals surface area contributed by atoms with Crippen LogP contribution in [0.3, 0.4) is 0 Å². The van der Waals surface area contributed by atoms with Crippen LogP contribution in [0, 0.1) is 5.82 Å². The SMILES string of the molecule is CCOc1ccc(Cl)c(N2Cc3cnc(NCCCCCN4CCN(C)CC4)nc3N(C3CC3)C2=O)c1F. The van der Waals surface area contributed by atoms with E-state index >= 15 is 4.39 Å². The minimum atomic E-state index is -0.640. The molecule has 2 aromatic rings. The number of halogens is 2. The molecular formula is C27H37ClFN7O2. The fraction of sp³-hybridized carbons (Fsp3) is 0.593. The van der Waals surface area contributed by atoms with Crippen LogP contribution < -0.4 is 19.9 Å². The van der Waals surface area contributed by atoms with Gasteiger partial charge in [-0.1, -0.05) is 18.0 Å². The smallest absolute Gasteiger partial charge is 0.330 e. The first kappa shape index (κ1) is 26.9. The standard InChI is InChI=1S/C27H37ClFN7O2/c1-3-38-22-10-9-21(28)24(23(22)29)35-18-19-17-31-26(32-25(19)36(27(35)37)20-7-8-20)30-11-5-4-6-12-34-15-13-33(2)14-16-34/h9-10,17,20H,3-8,11-16,18H2,1-2H3,(H,30,31,32). The van der Waals surface area contributed by atoms with Crippen molar-refractivity contribution in [2.24, 2.45) is 0 Å². The van der Waals surface area contributed by atoms with Crippen LogP contribution in [-0.2, 0) is 6.54 Å². The third-order valence-corrected chi connectivity index (χ3v) is 7.68. The number of nitrogens with one attached hydrogen (secondary N) is 1. The normalized spacial score (nSPS) is 18.6. The van der Waals surface area contributed by atoms with Crippen molar-refractivity contribution >= 4 is 35.1 Å². The van der Waals surface area contributed by atoms with E-state index in [-0.39, 0.29) is 35.1 Å². The average Bonchev–Trinajstić information content (AvgIpc) is 3.74. The molecule has 9 nitrogen and oxygen atoms in total. The first-order chi connectivity index (χ1) is 18.5. The van der Waals surface area contributed by atoms with Crippen molar-refractivity contribution in [2.75, 3.05) is 68.0 Å². The Hall–Kier alpha value is -2.69. The van der Waals surface area contributed by atoms with Gasteiger partial charge in [0.25, 0.3) is 0 Å². The molecule has 0 radical (unpaired) electrons. The van der Waals surface area contributed by atoms with Gasteiger partial charge >= 0.3 is 6.03 Å². The summed E-state index contributed by atoms with van der Waals surface area (Å²) in [6, 6.07) is 2.75. The van der Waals surface area contributed by atoms with Crippen molar-refractivity contribution in [1.82, 2.24) is 19.8 Å². The number of benzene rings is 1. The summed E-state index contributed by atoms with van der Waals surface area (Å²) in [5.74, 6) is 0.539. The van der Waals surface area contributed by atoms with Crippen LogP contribution in [0.4, 0.5) is 26.6 Å². The first-order valence-corrected chi connectivity index (χ1v) is 14.1. The van der Waals surface area contributed by atoms with Crippen molar-refractivity contribution in [3.05, 3.63) is 34.7 Å². The number of hydrogen-bond donors (Lipinski definition) is 1. The van der Waals surface area contributed by atoms with Crippen LogP contribution in [0.5, 0.6) is 5.75 Å². The highest BCUT2D eigenvalue weighted by molar-refractivity contribution is 6.34. The summed E-state index contributed by atoms with van der Waals surface area (Å²) in [6.07, 6.45) is 6.84. The van der Waals surface area contributed by atoms with Gasteiger partial charge in [0.15, 0.2) is 11.6 Å². The molecule has 3 aliphatic rings. The Morgan fingerprint density at radius 3 is 2.68 bits per heavy atom. The summed E-state index contributed by atoms with van der Waals surface area (Å²) in [6.45, 7) is 8.76.